The number of benzene rings is 1. The van der Waals surface area contributed by atoms with Crippen molar-refractivity contribution in [2.45, 2.75) is 27.3 Å². The quantitative estimate of drug-likeness (QED) is 0.798. The standard InChI is InChI=1S/C15H17N5O/c1-9-6-12(8-16)7-10(2)13(9)21-15-14-19-18-11(3)20(14)5-4-17-15/h4-7H,8,16H2,1-3H3. The number of ether oxygens (including phenoxy) is 1. The maximum Gasteiger partial charge on any atom is 0.265 e. The molecule has 0 atom stereocenters. The van der Waals surface area contributed by atoms with Crippen LogP contribution >= 0.6 is 0 Å². The van der Waals surface area contributed by atoms with Crippen LogP contribution in [-0.4, -0.2) is 19.6 Å². The number of nitrogens with two attached hydrogens (primary N) is 1. The van der Waals surface area contributed by atoms with Crippen LogP contribution in [0.5, 0.6) is 11.6 Å². The van der Waals surface area contributed by atoms with E-state index in [1.165, 1.54) is 0 Å². The van der Waals surface area contributed by atoms with Crippen molar-refractivity contribution in [2.75, 3.05) is 0 Å². The first kappa shape index (κ1) is 13.5. The molecule has 21 heavy (non-hydrogen) atoms. The maximum atomic E-state index is 5.99. The van der Waals surface area contributed by atoms with E-state index in [0.29, 0.717) is 18.1 Å². The van der Waals surface area contributed by atoms with Gasteiger partial charge in [-0.3, -0.25) is 4.40 Å². The Hall–Kier alpha value is -2.47. The van der Waals surface area contributed by atoms with Crippen molar-refractivity contribution < 1.29 is 4.74 Å². The van der Waals surface area contributed by atoms with E-state index in [9.17, 15) is 0 Å². The lowest BCUT2D eigenvalue weighted by Gasteiger charge is -2.12. The number of hydrogen-bond acceptors (Lipinski definition) is 5. The molecule has 2 aromatic heterocycles. The molecule has 108 valence electrons. The van der Waals surface area contributed by atoms with Gasteiger partial charge in [-0.15, -0.1) is 10.2 Å². The third kappa shape index (κ3) is 2.34. The number of fused-ring (bicyclic) bond motifs is 1. The molecule has 0 aliphatic heterocycles. The van der Waals surface area contributed by atoms with E-state index in [1.807, 2.05) is 43.5 Å². The highest BCUT2D eigenvalue weighted by Gasteiger charge is 2.13. The number of aryl methyl sites for hydroxylation is 3. The van der Waals surface area contributed by atoms with Crippen molar-refractivity contribution in [3.05, 3.63) is 47.0 Å². The van der Waals surface area contributed by atoms with Crippen LogP contribution in [0, 0.1) is 20.8 Å². The van der Waals surface area contributed by atoms with E-state index >= 15 is 0 Å². The molecule has 2 N–H and O–H groups in total. The Balaban J connectivity index is 2.07. The lowest BCUT2D eigenvalue weighted by Crippen LogP contribution is -2.01. The summed E-state index contributed by atoms with van der Waals surface area (Å²) in [5.74, 6) is 2.03. The Morgan fingerprint density at radius 3 is 2.52 bits per heavy atom. The molecule has 3 aromatic rings. The average molecular weight is 283 g/mol. The SMILES string of the molecule is Cc1cc(CN)cc(C)c1Oc1nccn2c(C)nnc12. The third-order valence-electron chi connectivity index (χ3n) is 3.42. The van der Waals surface area contributed by atoms with Crippen molar-refractivity contribution in [3.63, 3.8) is 0 Å². The third-order valence-corrected chi connectivity index (χ3v) is 3.42. The fraction of sp³-hybridized carbons (Fsp3) is 0.267. The topological polar surface area (TPSA) is 78.3 Å². The van der Waals surface area contributed by atoms with Crippen molar-refractivity contribution >= 4 is 5.65 Å². The Morgan fingerprint density at radius 2 is 1.86 bits per heavy atom. The summed E-state index contributed by atoms with van der Waals surface area (Å²) in [6, 6.07) is 4.05. The minimum absolute atomic E-state index is 0.449. The van der Waals surface area contributed by atoms with Crippen LogP contribution in [0.2, 0.25) is 0 Å². The zero-order valence-corrected chi connectivity index (χ0v) is 12.3. The lowest BCUT2D eigenvalue weighted by atomic mass is 10.1. The van der Waals surface area contributed by atoms with Gasteiger partial charge >= 0.3 is 0 Å². The minimum Gasteiger partial charge on any atom is -0.435 e. The van der Waals surface area contributed by atoms with Gasteiger partial charge in [0, 0.05) is 18.9 Å². The number of aromatic nitrogens is 4. The van der Waals surface area contributed by atoms with Crippen molar-refractivity contribution in [1.82, 2.24) is 19.6 Å². The van der Waals surface area contributed by atoms with Crippen molar-refractivity contribution in [2.24, 2.45) is 5.73 Å². The highest BCUT2D eigenvalue weighted by molar-refractivity contribution is 5.53. The first-order valence-corrected chi connectivity index (χ1v) is 6.74. The molecular formula is C15H17N5O. The lowest BCUT2D eigenvalue weighted by molar-refractivity contribution is 0.457. The molecule has 0 fully saturated rings. The zero-order valence-electron chi connectivity index (χ0n) is 12.3. The van der Waals surface area contributed by atoms with Crippen LogP contribution in [0.4, 0.5) is 0 Å². The first-order chi connectivity index (χ1) is 10.1. The Kier molecular flexibility index (Phi) is 3.31. The monoisotopic (exact) mass is 283 g/mol. The molecule has 6 nitrogen and oxygen atoms in total. The van der Waals surface area contributed by atoms with Crippen LogP contribution < -0.4 is 10.5 Å². The zero-order chi connectivity index (χ0) is 15.0. The second-order valence-corrected chi connectivity index (χ2v) is 5.04. The van der Waals surface area contributed by atoms with E-state index in [0.717, 1.165) is 28.3 Å². The predicted octanol–water partition coefficient (Wildman–Crippen LogP) is 2.30. The largest absolute Gasteiger partial charge is 0.435 e. The van der Waals surface area contributed by atoms with Crippen molar-refractivity contribution in [3.8, 4) is 11.6 Å². The Morgan fingerprint density at radius 1 is 1.14 bits per heavy atom. The van der Waals surface area contributed by atoms with Crippen LogP contribution in [0.1, 0.15) is 22.5 Å². The van der Waals surface area contributed by atoms with Gasteiger partial charge in [-0.1, -0.05) is 12.1 Å². The Labute approximate surface area is 122 Å². The molecule has 2 heterocycles. The molecule has 0 amide bonds. The average Bonchev–Trinajstić information content (AvgIpc) is 2.85. The van der Waals surface area contributed by atoms with E-state index in [1.54, 1.807) is 6.20 Å². The van der Waals surface area contributed by atoms with E-state index in [2.05, 4.69) is 15.2 Å². The highest BCUT2D eigenvalue weighted by Crippen LogP contribution is 2.30. The smallest absolute Gasteiger partial charge is 0.265 e. The van der Waals surface area contributed by atoms with Crippen LogP contribution in [-0.2, 0) is 6.54 Å². The molecule has 3 rings (SSSR count). The molecule has 0 aliphatic rings. The summed E-state index contributed by atoms with van der Waals surface area (Å²) in [5.41, 5.74) is 9.43. The van der Waals surface area contributed by atoms with Crippen molar-refractivity contribution in [1.29, 1.82) is 0 Å². The molecule has 0 saturated carbocycles. The van der Waals surface area contributed by atoms with Crippen LogP contribution in [0.25, 0.3) is 5.65 Å². The summed E-state index contributed by atoms with van der Waals surface area (Å²) in [6.07, 6.45) is 3.49. The molecule has 0 bridgehead atoms. The summed E-state index contributed by atoms with van der Waals surface area (Å²) in [4.78, 5) is 4.27. The molecule has 0 aliphatic carbocycles. The van der Waals surface area contributed by atoms with Gasteiger partial charge in [0.05, 0.1) is 0 Å². The number of nitrogens with zero attached hydrogens (tertiary/aromatic N) is 4. The van der Waals surface area contributed by atoms with Crippen LogP contribution in [0.3, 0.4) is 0 Å². The minimum atomic E-state index is 0.449. The highest BCUT2D eigenvalue weighted by atomic mass is 16.5. The summed E-state index contributed by atoms with van der Waals surface area (Å²) >= 11 is 0. The van der Waals surface area contributed by atoms with Gasteiger partial charge in [0.1, 0.15) is 11.6 Å². The van der Waals surface area contributed by atoms with E-state index in [4.69, 9.17) is 10.5 Å². The molecule has 0 radical (unpaired) electrons. The maximum absolute atomic E-state index is 5.99. The van der Waals surface area contributed by atoms with Crippen LogP contribution in [0.15, 0.2) is 24.5 Å². The Bertz CT molecular complexity index is 786. The second kappa shape index (κ2) is 5.14. The van der Waals surface area contributed by atoms with Gasteiger partial charge in [-0.05, 0) is 37.5 Å². The van der Waals surface area contributed by atoms with Gasteiger partial charge in [0.2, 0.25) is 5.65 Å². The van der Waals surface area contributed by atoms with E-state index < -0.39 is 0 Å². The second-order valence-electron chi connectivity index (χ2n) is 5.04. The molecular weight excluding hydrogens is 266 g/mol. The first-order valence-electron chi connectivity index (χ1n) is 6.74. The van der Waals surface area contributed by atoms with E-state index in [-0.39, 0.29) is 0 Å². The summed E-state index contributed by atoms with van der Waals surface area (Å²) in [7, 11) is 0. The number of hydrogen-bond donors (Lipinski definition) is 1. The van der Waals surface area contributed by atoms with Gasteiger partial charge in [-0.25, -0.2) is 4.98 Å². The summed E-state index contributed by atoms with van der Waals surface area (Å²) < 4.78 is 7.84. The fourth-order valence-corrected chi connectivity index (χ4v) is 2.41. The molecule has 0 unspecified atom stereocenters. The molecule has 1 aromatic carbocycles. The normalized spacial score (nSPS) is 11.0. The van der Waals surface area contributed by atoms with Gasteiger partial charge in [0.15, 0.2) is 0 Å². The van der Waals surface area contributed by atoms with Gasteiger partial charge in [-0.2, -0.15) is 0 Å². The predicted molar refractivity (Wildman–Crippen MR) is 79.4 cm³/mol. The van der Waals surface area contributed by atoms with Gasteiger partial charge < -0.3 is 10.5 Å². The number of rotatable bonds is 3. The fourth-order valence-electron chi connectivity index (χ4n) is 2.41. The summed E-state index contributed by atoms with van der Waals surface area (Å²) in [6.45, 7) is 6.39. The summed E-state index contributed by atoms with van der Waals surface area (Å²) in [5, 5.41) is 8.16. The molecule has 0 saturated heterocycles. The molecule has 6 heteroatoms. The van der Waals surface area contributed by atoms with Gasteiger partial charge in [0.25, 0.3) is 5.88 Å². The molecule has 0 spiro atoms.